The quantitative estimate of drug-likeness (QED) is 0.633. The Kier molecular flexibility index (Phi) is 6.54. The summed E-state index contributed by atoms with van der Waals surface area (Å²) >= 11 is 1.00. The summed E-state index contributed by atoms with van der Waals surface area (Å²) < 4.78 is 18.5. The summed E-state index contributed by atoms with van der Waals surface area (Å²) in [5.41, 5.74) is 0.844. The molecule has 0 saturated heterocycles. The summed E-state index contributed by atoms with van der Waals surface area (Å²) in [6, 6.07) is 14.4. The van der Waals surface area contributed by atoms with Crippen LogP contribution >= 0.6 is 11.8 Å². The lowest BCUT2D eigenvalue weighted by atomic mass is 10.2. The topological polar surface area (TPSA) is 79.2 Å². The fraction of sp³-hybridized carbons (Fsp3) is 0.167. The maximum Gasteiger partial charge on any atom is 0.317 e. The molecule has 1 N–H and O–H groups in total. The van der Waals surface area contributed by atoms with Crippen molar-refractivity contribution in [3.63, 3.8) is 0 Å². The lowest BCUT2D eigenvalue weighted by molar-refractivity contribution is -0.150. The largest absolute Gasteiger partial charge is 0.452 e. The minimum atomic E-state index is -1.01. The Morgan fingerprint density at radius 3 is 2.76 bits per heavy atom. The van der Waals surface area contributed by atoms with E-state index < -0.39 is 23.8 Å². The monoisotopic (exact) mass is 358 g/mol. The predicted octanol–water partition coefficient (Wildman–Crippen LogP) is 3.36. The van der Waals surface area contributed by atoms with E-state index in [4.69, 9.17) is 10.00 Å². The summed E-state index contributed by atoms with van der Waals surface area (Å²) in [6.07, 6.45) is -1.01. The molecule has 128 valence electrons. The van der Waals surface area contributed by atoms with Crippen LogP contribution in [0.3, 0.4) is 0 Å². The minimum Gasteiger partial charge on any atom is -0.452 e. The minimum absolute atomic E-state index is 0.109. The van der Waals surface area contributed by atoms with Crippen molar-refractivity contribution < 1.29 is 18.7 Å². The van der Waals surface area contributed by atoms with E-state index in [-0.39, 0.29) is 5.75 Å². The van der Waals surface area contributed by atoms with Crippen molar-refractivity contribution in [2.75, 3.05) is 11.1 Å². The predicted molar refractivity (Wildman–Crippen MR) is 92.5 cm³/mol. The lowest BCUT2D eigenvalue weighted by Crippen LogP contribution is -2.30. The van der Waals surface area contributed by atoms with Crippen LogP contribution in [0.4, 0.5) is 10.1 Å². The molecule has 0 spiro atoms. The third-order valence-electron chi connectivity index (χ3n) is 3.12. The molecule has 1 atom stereocenters. The number of carbonyl (C=O) groups excluding carboxylic acids is 2. The second kappa shape index (κ2) is 8.85. The third kappa shape index (κ3) is 5.62. The number of nitrogens with zero attached hydrogens (tertiary/aromatic N) is 1. The van der Waals surface area contributed by atoms with Crippen molar-refractivity contribution in [1.82, 2.24) is 0 Å². The standard InChI is InChI=1S/C18H15FN2O3S/c1-12(18(23)21-14-6-4-5-13(9-14)10-20)24-17(22)11-25-16-8-3-2-7-15(16)19/h2-9,12H,11H2,1H3,(H,21,23)/t12-/m1/s1. The van der Waals surface area contributed by atoms with Crippen molar-refractivity contribution in [3.8, 4) is 6.07 Å². The highest BCUT2D eigenvalue weighted by molar-refractivity contribution is 8.00. The third-order valence-corrected chi connectivity index (χ3v) is 4.14. The van der Waals surface area contributed by atoms with Gasteiger partial charge in [-0.05, 0) is 37.3 Å². The number of nitrogens with one attached hydrogen (secondary N) is 1. The first-order chi connectivity index (χ1) is 12.0. The number of amides is 1. The fourth-order valence-electron chi connectivity index (χ4n) is 1.89. The van der Waals surface area contributed by atoms with Crippen molar-refractivity contribution >= 4 is 29.3 Å². The van der Waals surface area contributed by atoms with E-state index in [1.54, 1.807) is 36.4 Å². The lowest BCUT2D eigenvalue weighted by Gasteiger charge is -2.13. The Bertz CT molecular complexity index is 820. The number of hydrogen-bond donors (Lipinski definition) is 1. The highest BCUT2D eigenvalue weighted by atomic mass is 32.2. The number of nitriles is 1. The maximum absolute atomic E-state index is 13.5. The number of hydrogen-bond acceptors (Lipinski definition) is 5. The van der Waals surface area contributed by atoms with Crippen LogP contribution in [0.5, 0.6) is 0 Å². The van der Waals surface area contributed by atoms with Crippen LogP contribution in [0.25, 0.3) is 0 Å². The van der Waals surface area contributed by atoms with Crippen LogP contribution in [-0.2, 0) is 14.3 Å². The van der Waals surface area contributed by atoms with Crippen molar-refractivity contribution in [1.29, 1.82) is 5.26 Å². The van der Waals surface area contributed by atoms with E-state index in [0.29, 0.717) is 16.1 Å². The molecule has 0 radical (unpaired) electrons. The second-order valence-corrected chi connectivity index (χ2v) is 6.05. The summed E-state index contributed by atoms with van der Waals surface area (Å²) in [7, 11) is 0. The molecule has 5 nitrogen and oxygen atoms in total. The average molecular weight is 358 g/mol. The van der Waals surface area contributed by atoms with Crippen molar-refractivity contribution in [2.24, 2.45) is 0 Å². The fourth-order valence-corrected chi connectivity index (χ4v) is 2.62. The molecule has 0 saturated carbocycles. The molecule has 2 rings (SSSR count). The van der Waals surface area contributed by atoms with Gasteiger partial charge in [-0.3, -0.25) is 9.59 Å². The molecule has 1 amide bonds. The molecule has 0 bridgehead atoms. The number of benzene rings is 2. The first kappa shape index (κ1) is 18.5. The van der Waals surface area contributed by atoms with Gasteiger partial charge in [-0.1, -0.05) is 18.2 Å². The zero-order chi connectivity index (χ0) is 18.2. The molecule has 0 aliphatic rings. The van der Waals surface area contributed by atoms with Gasteiger partial charge in [0.1, 0.15) is 5.82 Å². The molecule has 0 aliphatic heterocycles. The van der Waals surface area contributed by atoms with Crippen LogP contribution in [0.1, 0.15) is 12.5 Å². The second-order valence-electron chi connectivity index (χ2n) is 5.03. The van der Waals surface area contributed by atoms with Gasteiger partial charge in [0.25, 0.3) is 5.91 Å². The summed E-state index contributed by atoms with van der Waals surface area (Å²) in [5.74, 6) is -1.66. The Balaban J connectivity index is 1.84. The number of halogens is 1. The normalized spacial score (nSPS) is 11.2. The Labute approximate surface area is 148 Å². The Hall–Kier alpha value is -2.85. The number of thioether (sulfide) groups is 1. The first-order valence-electron chi connectivity index (χ1n) is 7.37. The van der Waals surface area contributed by atoms with Crippen LogP contribution in [0.15, 0.2) is 53.4 Å². The van der Waals surface area contributed by atoms with Gasteiger partial charge in [0.2, 0.25) is 0 Å². The summed E-state index contributed by atoms with van der Waals surface area (Å²) in [6.45, 7) is 1.44. The van der Waals surface area contributed by atoms with E-state index in [0.717, 1.165) is 11.8 Å². The maximum atomic E-state index is 13.5. The molecule has 0 aliphatic carbocycles. The van der Waals surface area contributed by atoms with Crippen molar-refractivity contribution in [3.05, 3.63) is 59.9 Å². The SMILES string of the molecule is C[C@@H](OC(=O)CSc1ccccc1F)C(=O)Nc1cccc(C#N)c1. The molecule has 0 heterocycles. The molecular weight excluding hydrogens is 343 g/mol. The van der Waals surface area contributed by atoms with Gasteiger partial charge in [-0.2, -0.15) is 5.26 Å². The molecule has 2 aromatic carbocycles. The van der Waals surface area contributed by atoms with E-state index in [9.17, 15) is 14.0 Å². The molecule has 7 heteroatoms. The van der Waals surface area contributed by atoms with E-state index in [1.807, 2.05) is 6.07 Å². The Morgan fingerprint density at radius 1 is 1.28 bits per heavy atom. The number of rotatable bonds is 6. The number of esters is 1. The highest BCUT2D eigenvalue weighted by Gasteiger charge is 2.18. The number of carbonyl (C=O) groups is 2. The highest BCUT2D eigenvalue weighted by Crippen LogP contribution is 2.21. The molecule has 25 heavy (non-hydrogen) atoms. The summed E-state index contributed by atoms with van der Waals surface area (Å²) in [4.78, 5) is 24.2. The van der Waals surface area contributed by atoms with Gasteiger partial charge >= 0.3 is 5.97 Å². The molecule has 2 aromatic rings. The van der Waals surface area contributed by atoms with E-state index in [1.165, 1.54) is 19.1 Å². The van der Waals surface area contributed by atoms with Crippen LogP contribution in [0, 0.1) is 17.1 Å². The zero-order valence-electron chi connectivity index (χ0n) is 13.4. The van der Waals surface area contributed by atoms with Crippen LogP contribution < -0.4 is 5.32 Å². The van der Waals surface area contributed by atoms with Gasteiger partial charge in [0.15, 0.2) is 6.10 Å². The Morgan fingerprint density at radius 2 is 2.04 bits per heavy atom. The zero-order valence-corrected chi connectivity index (χ0v) is 14.2. The van der Waals surface area contributed by atoms with Gasteiger partial charge in [0.05, 0.1) is 17.4 Å². The number of anilines is 1. The van der Waals surface area contributed by atoms with Crippen molar-refractivity contribution in [2.45, 2.75) is 17.9 Å². The molecular formula is C18H15FN2O3S. The average Bonchev–Trinajstić information content (AvgIpc) is 2.61. The number of ether oxygens (including phenoxy) is 1. The first-order valence-corrected chi connectivity index (χ1v) is 8.36. The molecule has 0 unspecified atom stereocenters. The molecule has 0 fully saturated rings. The molecule has 0 aromatic heterocycles. The van der Waals surface area contributed by atoms with E-state index >= 15 is 0 Å². The van der Waals surface area contributed by atoms with Gasteiger partial charge in [-0.15, -0.1) is 11.8 Å². The van der Waals surface area contributed by atoms with Gasteiger partial charge in [0, 0.05) is 10.6 Å². The van der Waals surface area contributed by atoms with Gasteiger partial charge < -0.3 is 10.1 Å². The summed E-state index contributed by atoms with van der Waals surface area (Å²) in [5, 5.41) is 11.4. The van der Waals surface area contributed by atoms with Gasteiger partial charge in [-0.25, -0.2) is 4.39 Å². The smallest absolute Gasteiger partial charge is 0.317 e. The van der Waals surface area contributed by atoms with E-state index in [2.05, 4.69) is 5.32 Å². The van der Waals surface area contributed by atoms with Crippen LogP contribution in [-0.4, -0.2) is 23.7 Å². The van der Waals surface area contributed by atoms with Crippen LogP contribution in [0.2, 0.25) is 0 Å².